The summed E-state index contributed by atoms with van der Waals surface area (Å²) in [7, 11) is 0. The fraction of sp³-hybridized carbons (Fsp3) is 0.214. The predicted molar refractivity (Wildman–Crippen MR) is 79.2 cm³/mol. The lowest BCUT2D eigenvalue weighted by Gasteiger charge is -2.15. The van der Waals surface area contributed by atoms with Gasteiger partial charge in [-0.2, -0.15) is 10.4 Å². The lowest BCUT2D eigenvalue weighted by atomic mass is 10.2. The first-order valence-electron chi connectivity index (χ1n) is 6.04. The van der Waals surface area contributed by atoms with Gasteiger partial charge in [-0.05, 0) is 41.9 Å². The molecule has 1 unspecified atom stereocenters. The molecular weight excluding hydrogens is 320 g/mol. The normalized spacial score (nSPS) is 11.7. The van der Waals surface area contributed by atoms with E-state index < -0.39 is 6.04 Å². The zero-order valence-corrected chi connectivity index (χ0v) is 12.7. The summed E-state index contributed by atoms with van der Waals surface area (Å²) >= 11 is 3.37. The second-order valence-electron chi connectivity index (χ2n) is 4.35. The smallest absolute Gasteiger partial charge is 0.248 e. The maximum Gasteiger partial charge on any atom is 0.248 e. The van der Waals surface area contributed by atoms with E-state index in [1.54, 1.807) is 42.1 Å². The Bertz CT molecular complexity index is 687. The van der Waals surface area contributed by atoms with E-state index >= 15 is 0 Å². The number of rotatable bonds is 3. The molecule has 0 saturated heterocycles. The number of nitrogens with one attached hydrogen (secondary N) is 1. The van der Waals surface area contributed by atoms with Gasteiger partial charge in [-0.3, -0.25) is 9.48 Å². The van der Waals surface area contributed by atoms with Gasteiger partial charge in [-0.15, -0.1) is 0 Å². The molecule has 5 nitrogen and oxygen atoms in total. The topological polar surface area (TPSA) is 70.7 Å². The van der Waals surface area contributed by atoms with Crippen LogP contribution in [0.5, 0.6) is 0 Å². The van der Waals surface area contributed by atoms with E-state index in [1.165, 1.54) is 0 Å². The molecular formula is C14H13BrN4O. The van der Waals surface area contributed by atoms with Crippen molar-refractivity contribution >= 4 is 27.5 Å². The van der Waals surface area contributed by atoms with Crippen molar-refractivity contribution in [3.8, 4) is 6.07 Å². The molecule has 0 aliphatic rings. The number of nitriles is 1. The van der Waals surface area contributed by atoms with Gasteiger partial charge < -0.3 is 5.32 Å². The number of amides is 1. The highest BCUT2D eigenvalue weighted by Crippen LogP contribution is 2.20. The highest BCUT2D eigenvalue weighted by molar-refractivity contribution is 9.10. The number of carbonyl (C=O) groups excluding carboxylic acids is 1. The Hall–Kier alpha value is -2.13. The third-order valence-corrected chi connectivity index (χ3v) is 3.82. The van der Waals surface area contributed by atoms with E-state index in [0.717, 1.165) is 10.2 Å². The summed E-state index contributed by atoms with van der Waals surface area (Å²) in [4.78, 5) is 12.2. The summed E-state index contributed by atoms with van der Waals surface area (Å²) in [6.07, 6.45) is 1.66. The number of para-hydroxylation sites is 1. The van der Waals surface area contributed by atoms with Crippen molar-refractivity contribution in [2.75, 3.05) is 5.32 Å². The average Bonchev–Trinajstić information content (AvgIpc) is 2.78. The lowest BCUT2D eigenvalue weighted by Crippen LogP contribution is -2.25. The third-order valence-electron chi connectivity index (χ3n) is 3.04. The monoisotopic (exact) mass is 332 g/mol. The first kappa shape index (κ1) is 14.3. The zero-order valence-electron chi connectivity index (χ0n) is 11.1. The van der Waals surface area contributed by atoms with Gasteiger partial charge in [0, 0.05) is 0 Å². The Morgan fingerprint density at radius 3 is 2.80 bits per heavy atom. The summed E-state index contributed by atoms with van der Waals surface area (Å²) in [5.41, 5.74) is 1.82. The van der Waals surface area contributed by atoms with Crippen LogP contribution in [-0.2, 0) is 4.79 Å². The number of halogens is 1. The van der Waals surface area contributed by atoms with E-state index in [1.807, 2.05) is 6.92 Å². The quantitative estimate of drug-likeness (QED) is 0.938. The van der Waals surface area contributed by atoms with Crippen LogP contribution in [0.1, 0.15) is 24.2 Å². The standard InChI is InChI=1S/C14H13BrN4O/c1-9-12(15)8-17-19(9)10(2)14(20)18-13-6-4-3-5-11(13)7-16/h3-6,8,10H,1-2H3,(H,18,20). The molecule has 0 aliphatic carbocycles. The first-order valence-corrected chi connectivity index (χ1v) is 6.83. The van der Waals surface area contributed by atoms with Crippen molar-refractivity contribution in [2.45, 2.75) is 19.9 Å². The van der Waals surface area contributed by atoms with Crippen molar-refractivity contribution < 1.29 is 4.79 Å². The Morgan fingerprint density at radius 2 is 2.20 bits per heavy atom. The second-order valence-corrected chi connectivity index (χ2v) is 5.20. The first-order chi connectivity index (χ1) is 9.54. The molecule has 20 heavy (non-hydrogen) atoms. The van der Waals surface area contributed by atoms with Crippen LogP contribution in [0.4, 0.5) is 5.69 Å². The van der Waals surface area contributed by atoms with Crippen molar-refractivity contribution in [2.24, 2.45) is 0 Å². The molecule has 1 atom stereocenters. The molecule has 0 aliphatic heterocycles. The number of carbonyl (C=O) groups is 1. The van der Waals surface area contributed by atoms with E-state index in [-0.39, 0.29) is 5.91 Å². The maximum atomic E-state index is 12.2. The number of anilines is 1. The number of hydrogen-bond acceptors (Lipinski definition) is 3. The fourth-order valence-corrected chi connectivity index (χ4v) is 2.10. The summed E-state index contributed by atoms with van der Waals surface area (Å²) in [6.45, 7) is 3.64. The highest BCUT2D eigenvalue weighted by Gasteiger charge is 2.19. The van der Waals surface area contributed by atoms with Crippen LogP contribution >= 0.6 is 15.9 Å². The predicted octanol–water partition coefficient (Wildman–Crippen LogP) is 3.03. The Kier molecular flexibility index (Phi) is 4.20. The third kappa shape index (κ3) is 2.73. The lowest BCUT2D eigenvalue weighted by molar-refractivity contribution is -0.119. The van der Waals surface area contributed by atoms with Crippen LogP contribution in [0.25, 0.3) is 0 Å². The molecule has 0 fully saturated rings. The number of nitrogens with zero attached hydrogens (tertiary/aromatic N) is 3. The van der Waals surface area contributed by atoms with Crippen molar-refractivity contribution in [1.29, 1.82) is 5.26 Å². The molecule has 1 N–H and O–H groups in total. The highest BCUT2D eigenvalue weighted by atomic mass is 79.9. The van der Waals surface area contributed by atoms with Gasteiger partial charge in [0.05, 0.1) is 27.6 Å². The van der Waals surface area contributed by atoms with Crippen LogP contribution < -0.4 is 5.32 Å². The van der Waals surface area contributed by atoms with E-state index in [0.29, 0.717) is 11.3 Å². The Labute approximate surface area is 125 Å². The average molecular weight is 333 g/mol. The van der Waals surface area contributed by atoms with Crippen molar-refractivity contribution in [3.05, 3.63) is 46.2 Å². The molecule has 0 spiro atoms. The molecule has 2 aromatic rings. The number of benzene rings is 1. The molecule has 102 valence electrons. The van der Waals surface area contributed by atoms with E-state index in [9.17, 15) is 4.79 Å². The summed E-state index contributed by atoms with van der Waals surface area (Å²) < 4.78 is 2.49. The maximum absolute atomic E-state index is 12.2. The van der Waals surface area contributed by atoms with Gasteiger partial charge in [-0.1, -0.05) is 12.1 Å². The van der Waals surface area contributed by atoms with Crippen LogP contribution in [-0.4, -0.2) is 15.7 Å². The van der Waals surface area contributed by atoms with Gasteiger partial charge in [0.25, 0.3) is 0 Å². The van der Waals surface area contributed by atoms with E-state index in [2.05, 4.69) is 32.4 Å². The largest absolute Gasteiger partial charge is 0.323 e. The SMILES string of the molecule is Cc1c(Br)cnn1C(C)C(=O)Nc1ccccc1C#N. The Balaban J connectivity index is 2.20. The Morgan fingerprint density at radius 1 is 1.50 bits per heavy atom. The molecule has 6 heteroatoms. The molecule has 1 aromatic heterocycles. The number of aromatic nitrogens is 2. The van der Waals surface area contributed by atoms with Gasteiger partial charge in [0.15, 0.2) is 0 Å². The van der Waals surface area contributed by atoms with Gasteiger partial charge >= 0.3 is 0 Å². The molecule has 1 aromatic carbocycles. The van der Waals surface area contributed by atoms with Crippen LogP contribution in [0, 0.1) is 18.3 Å². The van der Waals surface area contributed by atoms with Crippen LogP contribution in [0.15, 0.2) is 34.9 Å². The summed E-state index contributed by atoms with van der Waals surface area (Å²) in [5, 5.41) is 15.9. The molecule has 0 saturated carbocycles. The minimum Gasteiger partial charge on any atom is -0.323 e. The minimum atomic E-state index is -0.465. The molecule has 0 radical (unpaired) electrons. The van der Waals surface area contributed by atoms with Crippen molar-refractivity contribution in [3.63, 3.8) is 0 Å². The second kappa shape index (κ2) is 5.88. The van der Waals surface area contributed by atoms with Gasteiger partial charge in [-0.25, -0.2) is 0 Å². The van der Waals surface area contributed by atoms with Gasteiger partial charge in [0.2, 0.25) is 5.91 Å². The molecule has 1 amide bonds. The summed E-state index contributed by atoms with van der Waals surface area (Å²) in [5.74, 6) is -0.216. The van der Waals surface area contributed by atoms with Gasteiger partial charge in [0.1, 0.15) is 12.1 Å². The molecule has 2 rings (SSSR count). The summed E-state index contributed by atoms with van der Waals surface area (Å²) in [6, 6.07) is 8.48. The van der Waals surface area contributed by atoms with E-state index in [4.69, 9.17) is 5.26 Å². The minimum absolute atomic E-state index is 0.216. The fourth-order valence-electron chi connectivity index (χ4n) is 1.83. The van der Waals surface area contributed by atoms with Crippen molar-refractivity contribution in [1.82, 2.24) is 9.78 Å². The molecule has 0 bridgehead atoms. The zero-order chi connectivity index (χ0) is 14.7. The molecule has 1 heterocycles. The van der Waals surface area contributed by atoms with Crippen LogP contribution in [0.2, 0.25) is 0 Å². The van der Waals surface area contributed by atoms with Crippen LogP contribution in [0.3, 0.4) is 0 Å². The number of hydrogen-bond donors (Lipinski definition) is 1.